The van der Waals surface area contributed by atoms with Crippen LogP contribution in [0.1, 0.15) is 27.0 Å². The van der Waals surface area contributed by atoms with E-state index in [0.29, 0.717) is 12.1 Å². The molecule has 0 bridgehead atoms. The second kappa shape index (κ2) is 8.14. The van der Waals surface area contributed by atoms with Gasteiger partial charge >= 0.3 is 12.4 Å². The first-order valence-electron chi connectivity index (χ1n) is 8.22. The highest BCUT2D eigenvalue weighted by molar-refractivity contribution is 7.98. The summed E-state index contributed by atoms with van der Waals surface area (Å²) >= 11 is 7.19. The van der Waals surface area contributed by atoms with Gasteiger partial charge in [-0.3, -0.25) is 4.79 Å². The van der Waals surface area contributed by atoms with Gasteiger partial charge in [-0.2, -0.15) is 31.3 Å². The largest absolute Gasteiger partial charge is 0.475 e. The van der Waals surface area contributed by atoms with Gasteiger partial charge in [0.2, 0.25) is 5.88 Å². The third-order valence-electron chi connectivity index (χ3n) is 4.12. The SMILES string of the molecule is CSc1nc(Cl)c2c(n1)OCCN(Cc1cc(C(F)(F)F)cc(C(F)(F)F)c1)C2=O. The molecule has 162 valence electrons. The summed E-state index contributed by atoms with van der Waals surface area (Å²) in [5.74, 6) is -0.849. The number of halogens is 7. The minimum absolute atomic E-state index is 0.0286. The van der Waals surface area contributed by atoms with Crippen LogP contribution in [0.4, 0.5) is 26.3 Å². The summed E-state index contributed by atoms with van der Waals surface area (Å²) in [6.45, 7) is -0.696. The number of hydrogen-bond donors (Lipinski definition) is 0. The van der Waals surface area contributed by atoms with E-state index in [1.807, 2.05) is 0 Å². The minimum Gasteiger partial charge on any atom is -0.475 e. The Balaban J connectivity index is 1.99. The lowest BCUT2D eigenvalue weighted by molar-refractivity contribution is -0.143. The van der Waals surface area contributed by atoms with E-state index in [0.717, 1.165) is 16.7 Å². The molecule has 1 aliphatic heterocycles. The van der Waals surface area contributed by atoms with Gasteiger partial charge in [0.15, 0.2) is 5.16 Å². The van der Waals surface area contributed by atoms with Crippen LogP contribution < -0.4 is 4.74 Å². The van der Waals surface area contributed by atoms with E-state index in [2.05, 4.69) is 9.97 Å². The van der Waals surface area contributed by atoms with Gasteiger partial charge < -0.3 is 9.64 Å². The van der Waals surface area contributed by atoms with Crippen LogP contribution in [0.25, 0.3) is 0 Å². The number of carbonyl (C=O) groups excluding carboxylic acids is 1. The number of thioether (sulfide) groups is 1. The molecule has 0 fully saturated rings. The van der Waals surface area contributed by atoms with Gasteiger partial charge in [-0.15, -0.1) is 0 Å². The van der Waals surface area contributed by atoms with Gasteiger partial charge in [0.1, 0.15) is 17.3 Å². The molecule has 0 spiro atoms. The maximum absolute atomic E-state index is 13.1. The van der Waals surface area contributed by atoms with Crippen LogP contribution in [-0.4, -0.2) is 40.2 Å². The molecule has 0 radical (unpaired) electrons. The molecule has 13 heteroatoms. The number of hydrogen-bond acceptors (Lipinski definition) is 5. The summed E-state index contributed by atoms with van der Waals surface area (Å²) in [4.78, 5) is 21.9. The van der Waals surface area contributed by atoms with Gasteiger partial charge in [0.25, 0.3) is 5.91 Å². The van der Waals surface area contributed by atoms with Crippen molar-refractivity contribution in [1.29, 1.82) is 0 Å². The van der Waals surface area contributed by atoms with Gasteiger partial charge in [-0.25, -0.2) is 4.98 Å². The van der Waals surface area contributed by atoms with E-state index in [1.54, 1.807) is 6.26 Å². The van der Waals surface area contributed by atoms with Crippen molar-refractivity contribution in [2.75, 3.05) is 19.4 Å². The first-order chi connectivity index (χ1) is 13.9. The van der Waals surface area contributed by atoms with Crippen molar-refractivity contribution in [3.8, 4) is 5.88 Å². The Kier molecular flexibility index (Phi) is 6.10. The van der Waals surface area contributed by atoms with E-state index >= 15 is 0 Å². The molecule has 0 saturated carbocycles. The number of alkyl halides is 6. The van der Waals surface area contributed by atoms with E-state index in [1.165, 1.54) is 0 Å². The maximum atomic E-state index is 13.1. The van der Waals surface area contributed by atoms with Crippen molar-refractivity contribution in [3.63, 3.8) is 0 Å². The quantitative estimate of drug-likeness (QED) is 0.275. The van der Waals surface area contributed by atoms with Crippen LogP contribution in [0.2, 0.25) is 5.15 Å². The van der Waals surface area contributed by atoms with Crippen LogP contribution in [-0.2, 0) is 18.9 Å². The molecule has 0 aliphatic carbocycles. The molecule has 1 aromatic heterocycles. The summed E-state index contributed by atoms with van der Waals surface area (Å²) in [6, 6.07) is 1.18. The Morgan fingerprint density at radius 3 is 2.23 bits per heavy atom. The Morgan fingerprint density at radius 2 is 1.70 bits per heavy atom. The number of nitrogens with zero attached hydrogens (tertiary/aromatic N) is 3. The lowest BCUT2D eigenvalue weighted by Gasteiger charge is -2.22. The molecule has 2 aromatic rings. The number of rotatable bonds is 3. The smallest absolute Gasteiger partial charge is 0.416 e. The normalized spacial score (nSPS) is 14.9. The van der Waals surface area contributed by atoms with Gasteiger partial charge in [0.05, 0.1) is 17.7 Å². The van der Waals surface area contributed by atoms with Gasteiger partial charge in [-0.05, 0) is 30.0 Å². The maximum Gasteiger partial charge on any atom is 0.416 e. The highest BCUT2D eigenvalue weighted by atomic mass is 35.5. The second-order valence-electron chi connectivity index (χ2n) is 6.17. The summed E-state index contributed by atoms with van der Waals surface area (Å²) in [5, 5.41) is 0.0222. The Morgan fingerprint density at radius 1 is 1.10 bits per heavy atom. The number of amides is 1. The summed E-state index contributed by atoms with van der Waals surface area (Å²) in [7, 11) is 0. The minimum atomic E-state index is -4.99. The van der Waals surface area contributed by atoms with E-state index in [9.17, 15) is 31.1 Å². The molecule has 0 atom stereocenters. The van der Waals surface area contributed by atoms with Crippen LogP contribution in [0.3, 0.4) is 0 Å². The van der Waals surface area contributed by atoms with E-state index in [4.69, 9.17) is 16.3 Å². The van der Waals surface area contributed by atoms with E-state index < -0.39 is 35.9 Å². The zero-order chi connectivity index (χ0) is 22.3. The van der Waals surface area contributed by atoms with Crippen LogP contribution in [0.15, 0.2) is 23.4 Å². The van der Waals surface area contributed by atoms with Gasteiger partial charge in [-0.1, -0.05) is 23.4 Å². The molecule has 3 rings (SSSR count). The van der Waals surface area contributed by atoms with Crippen molar-refractivity contribution >= 4 is 29.3 Å². The predicted molar refractivity (Wildman–Crippen MR) is 95.5 cm³/mol. The monoisotopic (exact) mass is 471 g/mol. The highest BCUT2D eigenvalue weighted by Gasteiger charge is 2.37. The molecule has 2 heterocycles. The number of benzene rings is 1. The summed E-state index contributed by atoms with van der Waals surface area (Å²) in [5.41, 5.74) is -3.46. The van der Waals surface area contributed by atoms with Crippen molar-refractivity contribution in [2.45, 2.75) is 24.1 Å². The Bertz CT molecular complexity index is 951. The lowest BCUT2D eigenvalue weighted by atomic mass is 10.0. The fourth-order valence-electron chi connectivity index (χ4n) is 2.77. The summed E-state index contributed by atoms with van der Waals surface area (Å²) in [6.07, 6.45) is -8.30. The average molecular weight is 472 g/mol. The fourth-order valence-corrected chi connectivity index (χ4v) is 3.41. The molecule has 0 unspecified atom stereocenters. The zero-order valence-corrected chi connectivity index (χ0v) is 16.6. The average Bonchev–Trinajstić information content (AvgIpc) is 2.79. The zero-order valence-electron chi connectivity index (χ0n) is 15.1. The third kappa shape index (κ3) is 4.75. The molecule has 1 aromatic carbocycles. The van der Waals surface area contributed by atoms with E-state index in [-0.39, 0.29) is 46.5 Å². The highest BCUT2D eigenvalue weighted by Crippen LogP contribution is 2.37. The van der Waals surface area contributed by atoms with Crippen LogP contribution >= 0.6 is 23.4 Å². The first kappa shape index (κ1) is 22.5. The number of carbonyl (C=O) groups is 1. The standard InChI is InChI=1S/C17H12ClF6N3O2S/c1-30-15-25-12(18)11-13(26-15)29-3-2-27(14(11)28)7-8-4-9(16(19,20)21)6-10(5-8)17(22,23)24/h4-6H,2-3,7H2,1H3. The molecular formula is C17H12ClF6N3O2S. The number of ether oxygens (including phenoxy) is 1. The third-order valence-corrected chi connectivity index (χ3v) is 4.94. The number of aromatic nitrogens is 2. The van der Waals surface area contributed by atoms with Crippen molar-refractivity contribution in [3.05, 3.63) is 45.6 Å². The van der Waals surface area contributed by atoms with Crippen molar-refractivity contribution in [1.82, 2.24) is 14.9 Å². The Labute approximate surface area is 175 Å². The number of fused-ring (bicyclic) bond motifs is 1. The lowest BCUT2D eigenvalue weighted by Crippen LogP contribution is -2.32. The van der Waals surface area contributed by atoms with Crippen molar-refractivity contribution in [2.24, 2.45) is 0 Å². The molecule has 1 amide bonds. The van der Waals surface area contributed by atoms with Crippen LogP contribution in [0, 0.1) is 0 Å². The van der Waals surface area contributed by atoms with Crippen LogP contribution in [0.5, 0.6) is 5.88 Å². The molecule has 0 N–H and O–H groups in total. The summed E-state index contributed by atoms with van der Waals surface area (Å²) < 4.78 is 83.8. The molecule has 30 heavy (non-hydrogen) atoms. The van der Waals surface area contributed by atoms with Gasteiger partial charge in [0, 0.05) is 6.54 Å². The first-order valence-corrected chi connectivity index (χ1v) is 9.82. The molecule has 0 saturated heterocycles. The Hall–Kier alpha value is -2.21. The van der Waals surface area contributed by atoms with Crippen molar-refractivity contribution < 1.29 is 35.9 Å². The molecular weight excluding hydrogens is 460 g/mol. The predicted octanol–water partition coefficient (Wildman–Crippen LogP) is 4.92. The second-order valence-corrected chi connectivity index (χ2v) is 7.30. The molecule has 5 nitrogen and oxygen atoms in total. The fraction of sp³-hybridized carbons (Fsp3) is 0.353. The molecule has 1 aliphatic rings. The topological polar surface area (TPSA) is 55.3 Å².